The number of pyridine rings is 1. The van der Waals surface area contributed by atoms with Crippen molar-refractivity contribution in [3.63, 3.8) is 0 Å². The van der Waals surface area contributed by atoms with Gasteiger partial charge < -0.3 is 19.4 Å². The molecule has 0 aliphatic carbocycles. The van der Waals surface area contributed by atoms with E-state index in [1.54, 1.807) is 23.8 Å². The van der Waals surface area contributed by atoms with Gasteiger partial charge in [0.15, 0.2) is 10.9 Å². The van der Waals surface area contributed by atoms with Crippen molar-refractivity contribution in [3.05, 3.63) is 39.3 Å². The molecule has 0 radical (unpaired) electrons. The van der Waals surface area contributed by atoms with Crippen molar-refractivity contribution in [3.8, 4) is 5.75 Å². The van der Waals surface area contributed by atoms with Gasteiger partial charge in [-0.15, -0.1) is 11.3 Å². The highest BCUT2D eigenvalue weighted by Gasteiger charge is 2.12. The fourth-order valence-corrected chi connectivity index (χ4v) is 2.82. The van der Waals surface area contributed by atoms with E-state index in [0.29, 0.717) is 23.1 Å². The fraction of sp³-hybridized carbons (Fsp3) is 0.375. The first-order chi connectivity index (χ1) is 11.9. The number of aromatic nitrogens is 2. The van der Waals surface area contributed by atoms with Crippen LogP contribution < -0.4 is 15.5 Å². The van der Waals surface area contributed by atoms with E-state index in [-0.39, 0.29) is 36.0 Å². The average Bonchev–Trinajstić information content (AvgIpc) is 2.97. The Morgan fingerprint density at radius 2 is 2.16 bits per heavy atom. The van der Waals surface area contributed by atoms with E-state index in [1.165, 1.54) is 30.7 Å². The molecule has 0 aliphatic rings. The molecule has 0 saturated carbocycles. The molecule has 8 nitrogen and oxygen atoms in total. The number of rotatable bonds is 7. The van der Waals surface area contributed by atoms with Gasteiger partial charge in [-0.2, -0.15) is 0 Å². The summed E-state index contributed by atoms with van der Waals surface area (Å²) < 4.78 is 11.5. The number of carbonyl (C=O) groups is 2. The highest BCUT2D eigenvalue weighted by Crippen LogP contribution is 2.16. The second kappa shape index (κ2) is 8.43. The van der Waals surface area contributed by atoms with E-state index in [1.807, 2.05) is 0 Å². The SMILES string of the molecule is CCOC(=O)Cc1csc(NC(=O)Cn2cc(OC)c(=O)cc2C)n1. The number of ether oxygens (including phenoxy) is 2. The number of esters is 1. The highest BCUT2D eigenvalue weighted by atomic mass is 32.1. The maximum atomic E-state index is 12.2. The topological polar surface area (TPSA) is 99.5 Å². The number of methoxy groups -OCH3 is 1. The van der Waals surface area contributed by atoms with Crippen molar-refractivity contribution in [1.29, 1.82) is 0 Å². The van der Waals surface area contributed by atoms with Crippen LogP contribution in [-0.4, -0.2) is 35.1 Å². The lowest BCUT2D eigenvalue weighted by Crippen LogP contribution is -2.22. The molecule has 2 aromatic rings. The number of hydrogen-bond acceptors (Lipinski definition) is 7. The van der Waals surface area contributed by atoms with Crippen LogP contribution in [0, 0.1) is 6.92 Å². The van der Waals surface area contributed by atoms with Crippen LogP contribution in [-0.2, 0) is 27.3 Å². The molecule has 0 aromatic carbocycles. The first kappa shape index (κ1) is 18.7. The third kappa shape index (κ3) is 5.15. The molecule has 2 heterocycles. The largest absolute Gasteiger partial charge is 0.491 e. The minimum Gasteiger partial charge on any atom is -0.491 e. The molecule has 1 N–H and O–H groups in total. The van der Waals surface area contributed by atoms with E-state index in [9.17, 15) is 14.4 Å². The van der Waals surface area contributed by atoms with Gasteiger partial charge in [-0.1, -0.05) is 0 Å². The molecule has 0 fully saturated rings. The maximum absolute atomic E-state index is 12.2. The molecule has 0 atom stereocenters. The van der Waals surface area contributed by atoms with Gasteiger partial charge in [-0.05, 0) is 13.8 Å². The molecule has 0 saturated heterocycles. The molecule has 25 heavy (non-hydrogen) atoms. The summed E-state index contributed by atoms with van der Waals surface area (Å²) in [6.07, 6.45) is 1.56. The molecular weight excluding hydrogens is 346 g/mol. The highest BCUT2D eigenvalue weighted by molar-refractivity contribution is 7.13. The summed E-state index contributed by atoms with van der Waals surface area (Å²) in [5.41, 5.74) is 0.947. The number of hydrogen-bond donors (Lipinski definition) is 1. The Morgan fingerprint density at radius 1 is 1.40 bits per heavy atom. The Labute approximate surface area is 148 Å². The molecule has 0 unspecified atom stereocenters. The molecule has 1 amide bonds. The van der Waals surface area contributed by atoms with Crippen molar-refractivity contribution in [1.82, 2.24) is 9.55 Å². The van der Waals surface area contributed by atoms with Gasteiger partial charge in [-0.3, -0.25) is 14.4 Å². The Hall–Kier alpha value is -2.68. The third-order valence-corrected chi connectivity index (χ3v) is 4.08. The zero-order valence-corrected chi connectivity index (χ0v) is 15.0. The number of aryl methyl sites for hydroxylation is 1. The minimum absolute atomic E-state index is 0.00919. The lowest BCUT2D eigenvalue weighted by molar-refractivity contribution is -0.142. The van der Waals surface area contributed by atoms with Crippen molar-refractivity contribution >= 4 is 28.3 Å². The van der Waals surface area contributed by atoms with Gasteiger partial charge in [-0.25, -0.2) is 4.98 Å². The summed E-state index contributed by atoms with van der Waals surface area (Å²) in [5.74, 6) is -0.489. The summed E-state index contributed by atoms with van der Waals surface area (Å²) in [4.78, 5) is 39.4. The van der Waals surface area contributed by atoms with Crippen molar-refractivity contribution in [2.75, 3.05) is 19.0 Å². The van der Waals surface area contributed by atoms with Gasteiger partial charge in [0.25, 0.3) is 0 Å². The number of nitrogens with one attached hydrogen (secondary N) is 1. The zero-order valence-electron chi connectivity index (χ0n) is 14.2. The van der Waals surface area contributed by atoms with Gasteiger partial charge in [0.1, 0.15) is 6.54 Å². The van der Waals surface area contributed by atoms with Gasteiger partial charge >= 0.3 is 5.97 Å². The van der Waals surface area contributed by atoms with Crippen LogP contribution in [0.25, 0.3) is 0 Å². The normalized spacial score (nSPS) is 10.4. The molecule has 0 spiro atoms. The quantitative estimate of drug-likeness (QED) is 0.744. The molecule has 0 aliphatic heterocycles. The van der Waals surface area contributed by atoms with Crippen molar-refractivity contribution in [2.24, 2.45) is 0 Å². The predicted octanol–water partition coefficient (Wildman–Crippen LogP) is 1.37. The maximum Gasteiger partial charge on any atom is 0.311 e. The number of amides is 1. The Bertz CT molecular complexity index is 827. The Morgan fingerprint density at radius 3 is 2.84 bits per heavy atom. The lowest BCUT2D eigenvalue weighted by atomic mass is 10.3. The van der Waals surface area contributed by atoms with E-state index in [0.717, 1.165) is 0 Å². The van der Waals surface area contributed by atoms with Crippen LogP contribution in [0.1, 0.15) is 18.3 Å². The molecule has 2 rings (SSSR count). The van der Waals surface area contributed by atoms with E-state index in [2.05, 4.69) is 10.3 Å². The second-order valence-corrected chi connectivity index (χ2v) is 6.01. The number of anilines is 1. The number of thiazole rings is 1. The zero-order chi connectivity index (χ0) is 18.4. The van der Waals surface area contributed by atoms with E-state index < -0.39 is 0 Å². The number of nitrogens with zero attached hydrogens (tertiary/aromatic N) is 2. The Kier molecular flexibility index (Phi) is 6.29. The van der Waals surface area contributed by atoms with Crippen molar-refractivity contribution < 1.29 is 19.1 Å². The van der Waals surface area contributed by atoms with Crippen LogP contribution in [0.2, 0.25) is 0 Å². The summed E-state index contributed by atoms with van der Waals surface area (Å²) >= 11 is 1.23. The second-order valence-electron chi connectivity index (χ2n) is 5.15. The predicted molar refractivity (Wildman–Crippen MR) is 93.1 cm³/mol. The lowest BCUT2D eigenvalue weighted by Gasteiger charge is -2.11. The third-order valence-electron chi connectivity index (χ3n) is 3.27. The molecule has 2 aromatic heterocycles. The molecular formula is C16H19N3O5S. The van der Waals surface area contributed by atoms with Gasteiger partial charge in [0.05, 0.1) is 32.0 Å². The minimum atomic E-state index is -0.360. The molecule has 134 valence electrons. The first-order valence-electron chi connectivity index (χ1n) is 7.58. The molecule has 9 heteroatoms. The smallest absolute Gasteiger partial charge is 0.311 e. The first-order valence-corrected chi connectivity index (χ1v) is 8.45. The van der Waals surface area contributed by atoms with Crippen LogP contribution in [0.4, 0.5) is 5.13 Å². The monoisotopic (exact) mass is 365 g/mol. The van der Waals surface area contributed by atoms with Gasteiger partial charge in [0.2, 0.25) is 11.3 Å². The average molecular weight is 365 g/mol. The Balaban J connectivity index is 2.00. The standard InChI is InChI=1S/C16H19N3O5S/c1-4-24-15(22)6-11-9-25-16(17-11)18-14(21)8-19-7-13(23-3)12(20)5-10(19)2/h5,7,9H,4,6,8H2,1-3H3,(H,17,18,21). The summed E-state index contributed by atoms with van der Waals surface area (Å²) in [6.45, 7) is 3.79. The van der Waals surface area contributed by atoms with E-state index >= 15 is 0 Å². The van der Waals surface area contributed by atoms with Crippen LogP contribution in [0.3, 0.4) is 0 Å². The molecule has 0 bridgehead atoms. The van der Waals surface area contributed by atoms with Crippen molar-refractivity contribution in [2.45, 2.75) is 26.8 Å². The van der Waals surface area contributed by atoms with E-state index in [4.69, 9.17) is 9.47 Å². The van der Waals surface area contributed by atoms with Crippen LogP contribution >= 0.6 is 11.3 Å². The van der Waals surface area contributed by atoms with Crippen LogP contribution in [0.15, 0.2) is 22.4 Å². The number of carbonyl (C=O) groups excluding carboxylic acids is 2. The van der Waals surface area contributed by atoms with Crippen LogP contribution in [0.5, 0.6) is 5.75 Å². The summed E-state index contributed by atoms with van der Waals surface area (Å²) in [7, 11) is 1.40. The fourth-order valence-electron chi connectivity index (χ4n) is 2.09. The summed E-state index contributed by atoms with van der Waals surface area (Å²) in [6, 6.07) is 1.41. The van der Waals surface area contributed by atoms with Gasteiger partial charge in [0, 0.05) is 17.1 Å². The summed E-state index contributed by atoms with van der Waals surface area (Å²) in [5, 5.41) is 4.76.